The van der Waals surface area contributed by atoms with E-state index < -0.39 is 5.91 Å². The zero-order valence-corrected chi connectivity index (χ0v) is 16.8. The number of amides is 2. The Morgan fingerprint density at radius 3 is 2.77 bits per heavy atom. The molecule has 6 N–H and O–H groups in total. The summed E-state index contributed by atoms with van der Waals surface area (Å²) in [5.41, 5.74) is 13.4. The molecule has 1 saturated heterocycles. The van der Waals surface area contributed by atoms with Gasteiger partial charge >= 0.3 is 0 Å². The number of primary amides is 1. The Morgan fingerprint density at radius 2 is 2.03 bits per heavy atom. The van der Waals surface area contributed by atoms with E-state index in [-0.39, 0.29) is 23.6 Å². The van der Waals surface area contributed by atoms with E-state index in [1.54, 1.807) is 4.90 Å². The lowest BCUT2D eigenvalue weighted by atomic mass is 9.91. The topological polar surface area (TPSA) is 139 Å². The monoisotopic (exact) mass is 409 g/mol. The molecule has 1 aromatic carbocycles. The second-order valence-electron chi connectivity index (χ2n) is 7.84. The van der Waals surface area contributed by atoms with Gasteiger partial charge in [0.15, 0.2) is 0 Å². The highest BCUT2D eigenvalue weighted by atomic mass is 16.2. The first-order valence-corrected chi connectivity index (χ1v) is 10.4. The summed E-state index contributed by atoms with van der Waals surface area (Å²) in [6.07, 6.45) is 6.99. The third kappa shape index (κ3) is 4.35. The maximum atomic E-state index is 12.1. The quantitative estimate of drug-likeness (QED) is 0.573. The van der Waals surface area contributed by atoms with Crippen LogP contribution in [0.15, 0.2) is 30.5 Å². The number of anilines is 4. The van der Waals surface area contributed by atoms with Gasteiger partial charge in [-0.25, -0.2) is 4.98 Å². The number of nitrogens with zero attached hydrogens (tertiary/aromatic N) is 3. The van der Waals surface area contributed by atoms with Crippen molar-refractivity contribution in [2.75, 3.05) is 22.1 Å². The Hall–Kier alpha value is -3.20. The van der Waals surface area contributed by atoms with Gasteiger partial charge in [-0.15, -0.1) is 0 Å². The third-order valence-electron chi connectivity index (χ3n) is 5.68. The molecular formula is C21H27N7O2. The van der Waals surface area contributed by atoms with Crippen molar-refractivity contribution in [2.24, 2.45) is 11.5 Å². The number of aromatic nitrogens is 2. The molecular weight excluding hydrogens is 382 g/mol. The van der Waals surface area contributed by atoms with Crippen LogP contribution in [0.25, 0.3) is 0 Å². The largest absolute Gasteiger partial charge is 0.365 e. The lowest BCUT2D eigenvalue weighted by molar-refractivity contribution is -0.117. The van der Waals surface area contributed by atoms with Gasteiger partial charge in [0.05, 0.1) is 0 Å². The summed E-state index contributed by atoms with van der Waals surface area (Å²) in [7, 11) is 0. The lowest BCUT2D eigenvalue weighted by Gasteiger charge is -2.29. The van der Waals surface area contributed by atoms with Gasteiger partial charge in [-0.1, -0.05) is 18.9 Å². The molecule has 30 heavy (non-hydrogen) atoms. The van der Waals surface area contributed by atoms with Gasteiger partial charge in [0.25, 0.3) is 5.91 Å². The van der Waals surface area contributed by atoms with Crippen LogP contribution >= 0.6 is 0 Å². The summed E-state index contributed by atoms with van der Waals surface area (Å²) in [5, 5.41) is 6.45. The molecule has 158 valence electrons. The minimum atomic E-state index is -0.621. The molecule has 1 aliphatic heterocycles. The Kier molecular flexibility index (Phi) is 5.80. The predicted octanol–water partition coefficient (Wildman–Crippen LogP) is 2.13. The standard InChI is InChI=1S/C21H27N7O2/c22-16-7-1-2-8-17(16)26-21-24-12-15(19(23)30)20(27-21)25-13-5-3-6-14(11-13)28-10-4-9-18(28)29/h3,5-6,11-12,16-17H,1-2,4,7-10,22H2,(H2,23,30)(H2,24,25,26,27)/t16-,17+/m0/s1. The molecule has 1 aromatic heterocycles. The predicted molar refractivity (Wildman–Crippen MR) is 116 cm³/mol. The second-order valence-corrected chi connectivity index (χ2v) is 7.84. The minimum absolute atomic E-state index is 0.0456. The van der Waals surface area contributed by atoms with E-state index in [1.807, 2.05) is 24.3 Å². The average molecular weight is 409 g/mol. The highest BCUT2D eigenvalue weighted by molar-refractivity contribution is 5.98. The van der Waals surface area contributed by atoms with Gasteiger partial charge in [0.1, 0.15) is 11.4 Å². The number of hydrogen-bond acceptors (Lipinski definition) is 7. The van der Waals surface area contributed by atoms with Crippen molar-refractivity contribution < 1.29 is 9.59 Å². The first-order valence-electron chi connectivity index (χ1n) is 10.4. The van der Waals surface area contributed by atoms with E-state index in [1.165, 1.54) is 6.20 Å². The number of nitrogens with two attached hydrogens (primary N) is 2. The second kappa shape index (κ2) is 8.66. The van der Waals surface area contributed by atoms with Gasteiger partial charge < -0.3 is 27.0 Å². The highest BCUT2D eigenvalue weighted by Gasteiger charge is 2.24. The molecule has 1 aliphatic carbocycles. The van der Waals surface area contributed by atoms with E-state index in [0.29, 0.717) is 30.4 Å². The summed E-state index contributed by atoms with van der Waals surface area (Å²) in [4.78, 5) is 34.4. The Morgan fingerprint density at radius 1 is 1.20 bits per heavy atom. The maximum Gasteiger partial charge on any atom is 0.254 e. The molecule has 4 rings (SSSR count). The molecule has 2 aromatic rings. The van der Waals surface area contributed by atoms with Gasteiger partial charge in [-0.2, -0.15) is 4.98 Å². The summed E-state index contributed by atoms with van der Waals surface area (Å²) >= 11 is 0. The van der Waals surface area contributed by atoms with E-state index in [9.17, 15) is 9.59 Å². The number of hydrogen-bond donors (Lipinski definition) is 4. The number of benzene rings is 1. The van der Waals surface area contributed by atoms with Crippen molar-refractivity contribution in [3.8, 4) is 0 Å². The molecule has 2 atom stereocenters. The summed E-state index contributed by atoms with van der Waals surface area (Å²) in [6, 6.07) is 7.59. The molecule has 0 unspecified atom stereocenters. The van der Waals surface area contributed by atoms with E-state index in [4.69, 9.17) is 11.5 Å². The van der Waals surface area contributed by atoms with Crippen LogP contribution in [0.2, 0.25) is 0 Å². The number of carbonyl (C=O) groups excluding carboxylic acids is 2. The van der Waals surface area contributed by atoms with Crippen molar-refractivity contribution in [3.63, 3.8) is 0 Å². The van der Waals surface area contributed by atoms with E-state index in [0.717, 1.165) is 37.8 Å². The van der Waals surface area contributed by atoms with Crippen LogP contribution in [0, 0.1) is 0 Å². The molecule has 2 fully saturated rings. The van der Waals surface area contributed by atoms with Crippen LogP contribution in [0.5, 0.6) is 0 Å². The van der Waals surface area contributed by atoms with Gasteiger partial charge in [0, 0.05) is 42.6 Å². The first kappa shape index (κ1) is 20.1. The van der Waals surface area contributed by atoms with Gasteiger partial charge in [-0.05, 0) is 37.5 Å². The molecule has 9 nitrogen and oxygen atoms in total. The van der Waals surface area contributed by atoms with Gasteiger partial charge in [-0.3, -0.25) is 9.59 Å². The molecule has 9 heteroatoms. The first-order chi connectivity index (χ1) is 14.5. The van der Waals surface area contributed by atoms with Crippen LogP contribution in [-0.4, -0.2) is 40.4 Å². The zero-order valence-electron chi connectivity index (χ0n) is 16.8. The smallest absolute Gasteiger partial charge is 0.254 e. The SMILES string of the molecule is NC(=O)c1cnc(N[C@@H]2CCCC[C@@H]2N)nc1Nc1cccc(N2CCCC2=O)c1. The highest BCUT2D eigenvalue weighted by Crippen LogP contribution is 2.27. The van der Waals surface area contributed by atoms with Crippen molar-refractivity contribution in [1.29, 1.82) is 0 Å². The van der Waals surface area contributed by atoms with E-state index in [2.05, 4.69) is 20.6 Å². The molecule has 0 radical (unpaired) electrons. The molecule has 2 aliphatic rings. The maximum absolute atomic E-state index is 12.1. The van der Waals surface area contributed by atoms with Crippen molar-refractivity contribution in [3.05, 3.63) is 36.0 Å². The average Bonchev–Trinajstić information content (AvgIpc) is 3.16. The molecule has 1 saturated carbocycles. The number of nitrogens with one attached hydrogen (secondary N) is 2. The minimum Gasteiger partial charge on any atom is -0.365 e. The van der Waals surface area contributed by atoms with Crippen LogP contribution < -0.4 is 27.0 Å². The van der Waals surface area contributed by atoms with Crippen LogP contribution in [0.4, 0.5) is 23.1 Å². The third-order valence-corrected chi connectivity index (χ3v) is 5.68. The summed E-state index contributed by atoms with van der Waals surface area (Å²) in [6.45, 7) is 0.706. The summed E-state index contributed by atoms with van der Waals surface area (Å²) in [5.74, 6) is 0.205. The van der Waals surface area contributed by atoms with Crippen LogP contribution in [0.3, 0.4) is 0 Å². The Balaban J connectivity index is 1.58. The molecule has 0 spiro atoms. The van der Waals surface area contributed by atoms with E-state index >= 15 is 0 Å². The fraction of sp³-hybridized carbons (Fsp3) is 0.429. The Labute approximate surface area is 175 Å². The summed E-state index contributed by atoms with van der Waals surface area (Å²) < 4.78 is 0. The van der Waals surface area contributed by atoms with Crippen LogP contribution in [0.1, 0.15) is 48.9 Å². The normalized spacial score (nSPS) is 21.5. The molecule has 2 heterocycles. The van der Waals surface area contributed by atoms with Crippen molar-refractivity contribution >= 4 is 35.0 Å². The van der Waals surface area contributed by atoms with Crippen molar-refractivity contribution in [1.82, 2.24) is 9.97 Å². The number of rotatable bonds is 6. The van der Waals surface area contributed by atoms with Gasteiger partial charge in [0.2, 0.25) is 11.9 Å². The molecule has 2 amide bonds. The Bertz CT molecular complexity index is 949. The van der Waals surface area contributed by atoms with Crippen LogP contribution in [-0.2, 0) is 4.79 Å². The fourth-order valence-electron chi connectivity index (χ4n) is 4.04. The van der Waals surface area contributed by atoms with Crippen molar-refractivity contribution in [2.45, 2.75) is 50.6 Å². The fourth-order valence-corrected chi connectivity index (χ4v) is 4.04. The molecule has 0 bridgehead atoms. The lowest BCUT2D eigenvalue weighted by Crippen LogP contribution is -2.43. The number of carbonyl (C=O) groups is 2. The zero-order chi connectivity index (χ0) is 21.1.